The number of anilines is 1. The third kappa shape index (κ3) is 2.08. The van der Waals surface area contributed by atoms with Crippen LogP contribution < -0.4 is 9.64 Å². The Morgan fingerprint density at radius 1 is 1.44 bits per heavy atom. The molecular weight excluding hydrogens is 296 g/mol. The van der Waals surface area contributed by atoms with E-state index in [1.807, 2.05) is 19.2 Å². The van der Waals surface area contributed by atoms with E-state index in [9.17, 15) is 0 Å². The first-order valence-electron chi connectivity index (χ1n) is 5.74. The summed E-state index contributed by atoms with van der Waals surface area (Å²) in [7, 11) is 1.91. The molecule has 0 amide bonds. The Morgan fingerprint density at radius 2 is 2.33 bits per heavy atom. The van der Waals surface area contributed by atoms with Crippen molar-refractivity contribution >= 4 is 21.6 Å². The van der Waals surface area contributed by atoms with E-state index in [2.05, 4.69) is 37.0 Å². The number of halogens is 1. The lowest BCUT2D eigenvalue weighted by Gasteiger charge is -2.30. The highest BCUT2D eigenvalue weighted by atomic mass is 79.9. The van der Waals surface area contributed by atoms with E-state index >= 15 is 0 Å². The predicted octanol–water partition coefficient (Wildman–Crippen LogP) is 1.98. The van der Waals surface area contributed by atoms with E-state index in [0.717, 1.165) is 34.8 Å². The first kappa shape index (κ1) is 11.5. The Bertz CT molecular complexity index is 569. The highest BCUT2D eigenvalue weighted by Crippen LogP contribution is 2.34. The number of hydrogen-bond acceptors (Lipinski definition) is 4. The van der Waals surface area contributed by atoms with Gasteiger partial charge in [0.1, 0.15) is 24.5 Å². The number of hydrogen-bond donors (Lipinski definition) is 0. The molecule has 1 aliphatic rings. The number of aromatic nitrogens is 3. The molecule has 0 bridgehead atoms. The van der Waals surface area contributed by atoms with Crippen LogP contribution in [0.5, 0.6) is 5.75 Å². The smallest absolute Gasteiger partial charge is 0.146 e. The molecule has 1 aliphatic heterocycles. The van der Waals surface area contributed by atoms with Crippen molar-refractivity contribution < 1.29 is 4.74 Å². The summed E-state index contributed by atoms with van der Waals surface area (Å²) < 4.78 is 8.50. The molecule has 6 heteroatoms. The van der Waals surface area contributed by atoms with Crippen LogP contribution in [0.1, 0.15) is 5.82 Å². The molecule has 0 aliphatic carbocycles. The van der Waals surface area contributed by atoms with Crippen molar-refractivity contribution in [3.05, 3.63) is 34.8 Å². The number of aryl methyl sites for hydroxylation is 1. The minimum absolute atomic E-state index is 0.701. The predicted molar refractivity (Wildman–Crippen MR) is 71.7 cm³/mol. The van der Waals surface area contributed by atoms with Gasteiger partial charge in [-0.15, -0.1) is 0 Å². The molecular formula is C12H13BrN4O. The summed E-state index contributed by atoms with van der Waals surface area (Å²) >= 11 is 3.49. The molecule has 1 aromatic carbocycles. The van der Waals surface area contributed by atoms with Crippen LogP contribution in [0.25, 0.3) is 0 Å². The zero-order valence-corrected chi connectivity index (χ0v) is 11.6. The standard InChI is InChI=1S/C12H13BrN4O/c1-16-12(14-8-15-16)7-17-4-5-18-11-3-2-9(13)6-10(11)17/h2-3,6,8H,4-5,7H2,1H3. The molecule has 1 aromatic heterocycles. The van der Waals surface area contributed by atoms with Gasteiger partial charge in [0.05, 0.1) is 18.8 Å². The molecule has 0 N–H and O–H groups in total. The Morgan fingerprint density at radius 3 is 3.11 bits per heavy atom. The van der Waals surface area contributed by atoms with Crippen LogP contribution >= 0.6 is 15.9 Å². The summed E-state index contributed by atoms with van der Waals surface area (Å²) in [6.07, 6.45) is 1.58. The van der Waals surface area contributed by atoms with Gasteiger partial charge in [-0.1, -0.05) is 15.9 Å². The largest absolute Gasteiger partial charge is 0.490 e. The van der Waals surface area contributed by atoms with Crippen LogP contribution in [0.15, 0.2) is 29.0 Å². The van der Waals surface area contributed by atoms with Crippen LogP contribution in [0.4, 0.5) is 5.69 Å². The van der Waals surface area contributed by atoms with Crippen molar-refractivity contribution in [1.29, 1.82) is 0 Å². The third-order valence-corrected chi connectivity index (χ3v) is 3.51. The lowest BCUT2D eigenvalue weighted by molar-refractivity contribution is 0.306. The summed E-state index contributed by atoms with van der Waals surface area (Å²) in [6.45, 7) is 2.30. The highest BCUT2D eigenvalue weighted by Gasteiger charge is 2.19. The van der Waals surface area contributed by atoms with E-state index in [-0.39, 0.29) is 0 Å². The fourth-order valence-corrected chi connectivity index (χ4v) is 2.39. The van der Waals surface area contributed by atoms with Crippen molar-refractivity contribution in [2.45, 2.75) is 6.54 Å². The summed E-state index contributed by atoms with van der Waals surface area (Å²) in [5, 5.41) is 4.09. The Balaban J connectivity index is 1.91. The number of ether oxygens (including phenoxy) is 1. The summed E-state index contributed by atoms with van der Waals surface area (Å²) in [6, 6.07) is 6.05. The average Bonchev–Trinajstić information content (AvgIpc) is 2.76. The van der Waals surface area contributed by atoms with Crippen LogP contribution in [0.2, 0.25) is 0 Å². The molecule has 0 fully saturated rings. The van der Waals surface area contributed by atoms with Gasteiger partial charge in [0.25, 0.3) is 0 Å². The lowest BCUT2D eigenvalue weighted by Crippen LogP contribution is -2.33. The average molecular weight is 309 g/mol. The van der Waals surface area contributed by atoms with Gasteiger partial charge in [-0.25, -0.2) is 4.98 Å². The van der Waals surface area contributed by atoms with Gasteiger partial charge < -0.3 is 9.64 Å². The maximum atomic E-state index is 5.65. The van der Waals surface area contributed by atoms with Gasteiger partial charge >= 0.3 is 0 Å². The zero-order chi connectivity index (χ0) is 12.5. The van der Waals surface area contributed by atoms with Gasteiger partial charge in [0, 0.05) is 11.5 Å². The molecule has 0 radical (unpaired) electrons. The molecule has 2 aromatic rings. The molecule has 0 saturated heterocycles. The number of fused-ring (bicyclic) bond motifs is 1. The third-order valence-electron chi connectivity index (χ3n) is 3.02. The fraction of sp³-hybridized carbons (Fsp3) is 0.333. The Labute approximate surface area is 114 Å². The maximum Gasteiger partial charge on any atom is 0.146 e. The summed E-state index contributed by atoms with van der Waals surface area (Å²) in [4.78, 5) is 6.52. The van der Waals surface area contributed by atoms with Crippen molar-refractivity contribution in [2.24, 2.45) is 7.05 Å². The maximum absolute atomic E-state index is 5.65. The second-order valence-electron chi connectivity index (χ2n) is 4.18. The van der Waals surface area contributed by atoms with Crippen LogP contribution in [-0.4, -0.2) is 27.9 Å². The fourth-order valence-electron chi connectivity index (χ4n) is 2.04. The van der Waals surface area contributed by atoms with Crippen molar-refractivity contribution in [2.75, 3.05) is 18.1 Å². The van der Waals surface area contributed by atoms with Crippen LogP contribution in [0, 0.1) is 0 Å². The minimum Gasteiger partial charge on any atom is -0.490 e. The Hall–Kier alpha value is -1.56. The van der Waals surface area contributed by atoms with Gasteiger partial charge in [0.2, 0.25) is 0 Å². The van der Waals surface area contributed by atoms with Crippen molar-refractivity contribution in [3.63, 3.8) is 0 Å². The van der Waals surface area contributed by atoms with Crippen LogP contribution in [0.3, 0.4) is 0 Å². The molecule has 94 valence electrons. The van der Waals surface area contributed by atoms with E-state index in [1.165, 1.54) is 0 Å². The van der Waals surface area contributed by atoms with Crippen molar-refractivity contribution in [3.8, 4) is 5.75 Å². The van der Waals surface area contributed by atoms with Gasteiger partial charge in [0.15, 0.2) is 0 Å². The van der Waals surface area contributed by atoms with E-state index in [1.54, 1.807) is 11.0 Å². The monoisotopic (exact) mass is 308 g/mol. The zero-order valence-electron chi connectivity index (χ0n) is 10.0. The van der Waals surface area contributed by atoms with Gasteiger partial charge in [-0.2, -0.15) is 5.10 Å². The molecule has 0 unspecified atom stereocenters. The summed E-state index contributed by atoms with van der Waals surface area (Å²) in [5.74, 6) is 1.87. The number of nitrogens with zero attached hydrogens (tertiary/aromatic N) is 4. The number of rotatable bonds is 2. The van der Waals surface area contributed by atoms with Crippen LogP contribution in [-0.2, 0) is 13.6 Å². The first-order valence-corrected chi connectivity index (χ1v) is 6.53. The molecule has 2 heterocycles. The lowest BCUT2D eigenvalue weighted by atomic mass is 10.2. The quantitative estimate of drug-likeness (QED) is 0.851. The topological polar surface area (TPSA) is 43.2 Å². The van der Waals surface area contributed by atoms with E-state index < -0.39 is 0 Å². The first-order chi connectivity index (χ1) is 8.74. The normalized spacial score (nSPS) is 14.2. The molecule has 3 rings (SSSR count). The SMILES string of the molecule is Cn1ncnc1CN1CCOc2ccc(Br)cc21. The van der Waals surface area contributed by atoms with E-state index in [0.29, 0.717) is 6.61 Å². The van der Waals surface area contributed by atoms with Gasteiger partial charge in [-0.3, -0.25) is 4.68 Å². The van der Waals surface area contributed by atoms with Crippen molar-refractivity contribution in [1.82, 2.24) is 14.8 Å². The molecule has 5 nitrogen and oxygen atoms in total. The van der Waals surface area contributed by atoms with Gasteiger partial charge in [-0.05, 0) is 18.2 Å². The molecule has 0 spiro atoms. The highest BCUT2D eigenvalue weighted by molar-refractivity contribution is 9.10. The molecule has 0 atom stereocenters. The number of benzene rings is 1. The van der Waals surface area contributed by atoms with E-state index in [4.69, 9.17) is 4.74 Å². The summed E-state index contributed by atoms with van der Waals surface area (Å²) in [5.41, 5.74) is 1.10. The second kappa shape index (κ2) is 4.61. The molecule has 0 saturated carbocycles. The molecule has 18 heavy (non-hydrogen) atoms. The second-order valence-corrected chi connectivity index (χ2v) is 5.10. The minimum atomic E-state index is 0.701. The Kier molecular flexibility index (Phi) is 2.95.